The molecule has 0 radical (unpaired) electrons. The summed E-state index contributed by atoms with van der Waals surface area (Å²) in [6, 6.07) is 4.27. The Morgan fingerprint density at radius 2 is 1.86 bits per heavy atom. The van der Waals surface area contributed by atoms with Gasteiger partial charge in [-0.05, 0) is 39.0 Å². The molecule has 0 saturated carbocycles. The van der Waals surface area contributed by atoms with Gasteiger partial charge in [0.15, 0.2) is 11.6 Å². The van der Waals surface area contributed by atoms with Gasteiger partial charge in [0.05, 0.1) is 5.02 Å². The van der Waals surface area contributed by atoms with Crippen molar-refractivity contribution < 1.29 is 4.39 Å². The minimum Gasteiger partial charge on any atom is -0.393 e. The molecule has 1 heterocycles. The van der Waals surface area contributed by atoms with Crippen molar-refractivity contribution in [2.24, 2.45) is 0 Å². The zero-order valence-electron chi connectivity index (χ0n) is 12.5. The number of nitrogens with zero attached hydrogens (tertiary/aromatic N) is 2. The average molecular weight is 325 g/mol. The second-order valence-electron chi connectivity index (χ2n) is 5.74. The highest BCUT2D eigenvalue weighted by atomic mass is 35.5. The van der Waals surface area contributed by atoms with E-state index in [1.54, 1.807) is 6.07 Å². The van der Waals surface area contributed by atoms with Crippen LogP contribution in [0.4, 0.5) is 27.4 Å². The molecule has 0 atom stereocenters. The largest absolute Gasteiger partial charge is 0.393 e. The molecule has 118 valence electrons. The molecule has 22 heavy (non-hydrogen) atoms. The first-order chi connectivity index (χ1) is 10.3. The van der Waals surface area contributed by atoms with E-state index in [-0.39, 0.29) is 10.6 Å². The Labute approximate surface area is 133 Å². The molecule has 6 nitrogen and oxygen atoms in total. The van der Waals surface area contributed by atoms with Crippen LogP contribution in [0.15, 0.2) is 24.5 Å². The third kappa shape index (κ3) is 4.19. The first-order valence-electron chi connectivity index (χ1n) is 6.62. The Morgan fingerprint density at radius 3 is 2.50 bits per heavy atom. The molecule has 1 aromatic heterocycles. The Kier molecular flexibility index (Phi) is 4.68. The summed E-state index contributed by atoms with van der Waals surface area (Å²) in [7, 11) is 0. The number of halogens is 2. The van der Waals surface area contributed by atoms with E-state index in [4.69, 9.17) is 17.3 Å². The van der Waals surface area contributed by atoms with Gasteiger partial charge < -0.3 is 16.5 Å². The van der Waals surface area contributed by atoms with Gasteiger partial charge in [0.2, 0.25) is 0 Å². The number of nitrogens with one attached hydrogen (secondary N) is 3. The predicted octanol–water partition coefficient (Wildman–Crippen LogP) is 3.31. The van der Waals surface area contributed by atoms with E-state index < -0.39 is 5.82 Å². The number of hydrogen-bond acceptors (Lipinski definition) is 6. The summed E-state index contributed by atoms with van der Waals surface area (Å²) in [5, 5.41) is 3.00. The third-order valence-electron chi connectivity index (χ3n) is 2.62. The summed E-state index contributed by atoms with van der Waals surface area (Å²) in [6.07, 6.45) is 1.37. The van der Waals surface area contributed by atoms with Crippen LogP contribution < -0.4 is 21.9 Å². The minimum atomic E-state index is -0.486. The second-order valence-corrected chi connectivity index (χ2v) is 6.15. The van der Waals surface area contributed by atoms with E-state index in [2.05, 4.69) is 26.1 Å². The predicted molar refractivity (Wildman–Crippen MR) is 87.6 cm³/mol. The highest BCUT2D eigenvalue weighted by Crippen LogP contribution is 2.27. The average Bonchev–Trinajstić information content (AvgIpc) is 2.43. The molecule has 2 aromatic rings. The molecule has 0 bridgehead atoms. The molecule has 0 unspecified atom stereocenters. The first kappa shape index (κ1) is 16.3. The fourth-order valence-corrected chi connectivity index (χ4v) is 1.73. The Hall–Kier alpha value is -2.12. The summed E-state index contributed by atoms with van der Waals surface area (Å²) >= 11 is 5.75. The lowest BCUT2D eigenvalue weighted by atomic mass is 10.1. The molecular formula is C14H18ClFN6. The number of hydrogen-bond donors (Lipinski definition) is 4. The van der Waals surface area contributed by atoms with Crippen molar-refractivity contribution in [3.05, 3.63) is 35.4 Å². The second kappa shape index (κ2) is 6.33. The zero-order valence-corrected chi connectivity index (χ0v) is 13.3. The van der Waals surface area contributed by atoms with Gasteiger partial charge in [0.25, 0.3) is 0 Å². The van der Waals surface area contributed by atoms with Crippen LogP contribution in [0.25, 0.3) is 0 Å². The zero-order chi connectivity index (χ0) is 16.3. The number of aromatic nitrogens is 2. The molecule has 0 saturated heterocycles. The van der Waals surface area contributed by atoms with Crippen LogP contribution in [-0.4, -0.2) is 15.5 Å². The SMILES string of the molecule is CC(C)(C)NNc1ncnc(Nc2ccc(F)c(Cl)c2)c1N. The number of nitrogens with two attached hydrogens (primary N) is 1. The lowest BCUT2D eigenvalue weighted by Crippen LogP contribution is -2.40. The summed E-state index contributed by atoms with van der Waals surface area (Å²) in [6.45, 7) is 5.99. The van der Waals surface area contributed by atoms with Gasteiger partial charge in [-0.1, -0.05) is 11.6 Å². The summed E-state index contributed by atoms with van der Waals surface area (Å²) < 4.78 is 13.2. The van der Waals surface area contributed by atoms with Crippen molar-refractivity contribution in [1.29, 1.82) is 0 Å². The third-order valence-corrected chi connectivity index (χ3v) is 2.91. The van der Waals surface area contributed by atoms with E-state index in [0.717, 1.165) is 0 Å². The Balaban J connectivity index is 2.19. The summed E-state index contributed by atoms with van der Waals surface area (Å²) in [4.78, 5) is 8.16. The van der Waals surface area contributed by atoms with Gasteiger partial charge in [-0.3, -0.25) is 0 Å². The molecule has 0 amide bonds. The Morgan fingerprint density at radius 1 is 1.18 bits per heavy atom. The number of benzene rings is 1. The van der Waals surface area contributed by atoms with Gasteiger partial charge in [0, 0.05) is 11.2 Å². The van der Waals surface area contributed by atoms with Crippen molar-refractivity contribution in [3.8, 4) is 0 Å². The van der Waals surface area contributed by atoms with Crippen molar-refractivity contribution in [2.45, 2.75) is 26.3 Å². The van der Waals surface area contributed by atoms with Crippen molar-refractivity contribution in [1.82, 2.24) is 15.4 Å². The topological polar surface area (TPSA) is 87.9 Å². The van der Waals surface area contributed by atoms with Crippen LogP contribution in [-0.2, 0) is 0 Å². The maximum absolute atomic E-state index is 13.2. The minimum absolute atomic E-state index is 0.0189. The van der Waals surface area contributed by atoms with Gasteiger partial charge in [0.1, 0.15) is 17.8 Å². The van der Waals surface area contributed by atoms with E-state index in [0.29, 0.717) is 23.0 Å². The monoisotopic (exact) mass is 324 g/mol. The van der Waals surface area contributed by atoms with E-state index >= 15 is 0 Å². The molecular weight excluding hydrogens is 307 g/mol. The van der Waals surface area contributed by atoms with Crippen LogP contribution in [0.3, 0.4) is 0 Å². The molecule has 1 aromatic carbocycles. The molecule has 0 fully saturated rings. The van der Waals surface area contributed by atoms with Gasteiger partial charge in [-0.2, -0.15) is 0 Å². The highest BCUT2D eigenvalue weighted by molar-refractivity contribution is 6.31. The van der Waals surface area contributed by atoms with E-state index in [1.807, 2.05) is 20.8 Å². The maximum Gasteiger partial charge on any atom is 0.169 e. The normalized spacial score (nSPS) is 11.3. The molecule has 0 aliphatic rings. The van der Waals surface area contributed by atoms with Gasteiger partial charge >= 0.3 is 0 Å². The van der Waals surface area contributed by atoms with Crippen LogP contribution in [0.1, 0.15) is 20.8 Å². The first-order valence-corrected chi connectivity index (χ1v) is 7.00. The maximum atomic E-state index is 13.2. The molecule has 8 heteroatoms. The summed E-state index contributed by atoms with van der Waals surface area (Å²) in [5.74, 6) is 0.358. The molecule has 0 spiro atoms. The van der Waals surface area contributed by atoms with Crippen molar-refractivity contribution in [3.63, 3.8) is 0 Å². The number of rotatable bonds is 4. The molecule has 5 N–H and O–H groups in total. The summed E-state index contributed by atoms with van der Waals surface area (Å²) in [5.41, 5.74) is 12.8. The number of anilines is 4. The fraction of sp³-hybridized carbons (Fsp3) is 0.286. The van der Waals surface area contributed by atoms with Crippen LogP contribution in [0, 0.1) is 5.82 Å². The quantitative estimate of drug-likeness (QED) is 0.645. The lowest BCUT2D eigenvalue weighted by molar-refractivity contribution is 0.464. The fourth-order valence-electron chi connectivity index (χ4n) is 1.55. The standard InChI is InChI=1S/C14H18ClFN6/c1-14(2,3)22-21-13-11(17)12(18-7-19-13)20-8-4-5-10(16)9(15)6-8/h4-7,22H,17H2,1-3H3,(H2,18,19,20,21). The van der Waals surface area contributed by atoms with Crippen LogP contribution in [0.5, 0.6) is 0 Å². The van der Waals surface area contributed by atoms with Gasteiger partial charge in [-0.15, -0.1) is 0 Å². The van der Waals surface area contributed by atoms with Crippen LogP contribution >= 0.6 is 11.6 Å². The highest BCUT2D eigenvalue weighted by Gasteiger charge is 2.13. The van der Waals surface area contributed by atoms with Crippen molar-refractivity contribution in [2.75, 3.05) is 16.5 Å². The lowest BCUT2D eigenvalue weighted by Gasteiger charge is -2.22. The van der Waals surface area contributed by atoms with Gasteiger partial charge in [-0.25, -0.2) is 19.8 Å². The molecule has 0 aliphatic heterocycles. The van der Waals surface area contributed by atoms with Crippen molar-refractivity contribution >= 4 is 34.6 Å². The smallest absolute Gasteiger partial charge is 0.169 e. The van der Waals surface area contributed by atoms with Crippen LogP contribution in [0.2, 0.25) is 5.02 Å². The Bertz CT molecular complexity index is 671. The molecule has 2 rings (SSSR count). The van der Waals surface area contributed by atoms with E-state index in [9.17, 15) is 4.39 Å². The number of nitrogen functional groups attached to an aromatic ring is 1. The molecule has 0 aliphatic carbocycles. The van der Waals surface area contributed by atoms with E-state index in [1.165, 1.54) is 18.5 Å². The number of hydrazine groups is 1.